The van der Waals surface area contributed by atoms with Crippen LogP contribution in [0.25, 0.3) is 16.6 Å². The van der Waals surface area contributed by atoms with E-state index in [0.717, 1.165) is 60.9 Å². The minimum Gasteiger partial charge on any atom is -0.360 e. The Labute approximate surface area is 158 Å². The molecule has 6 heteroatoms. The van der Waals surface area contributed by atoms with Crippen molar-refractivity contribution >= 4 is 22.2 Å². The van der Waals surface area contributed by atoms with Gasteiger partial charge in [-0.25, -0.2) is 4.98 Å². The van der Waals surface area contributed by atoms with Crippen LogP contribution in [0.2, 0.25) is 0 Å². The summed E-state index contributed by atoms with van der Waals surface area (Å²) in [4.78, 5) is 8.76. The van der Waals surface area contributed by atoms with Crippen LogP contribution in [0.5, 0.6) is 0 Å². The molecule has 6 nitrogen and oxygen atoms in total. The zero-order valence-electron chi connectivity index (χ0n) is 15.5. The van der Waals surface area contributed by atoms with Crippen LogP contribution in [0, 0.1) is 6.92 Å². The standard InChI is InChI=1S/C21H22N6/c1-16-22-19-10-6-5-9-18(19)21-24-23-20(27(16)21)15-25-11-13-26(14-12-25)17-7-3-2-4-8-17/h2-10H,11-15H2,1H3/p+1. The van der Waals surface area contributed by atoms with Gasteiger partial charge in [-0.1, -0.05) is 30.3 Å². The SMILES string of the molecule is Cc1nc2ccccc2c2nnc(C[NH+]3CCN(c4ccccc4)CC3)n12. The molecule has 5 rings (SSSR count). The highest BCUT2D eigenvalue weighted by Gasteiger charge is 2.23. The van der Waals surface area contributed by atoms with E-state index >= 15 is 0 Å². The van der Waals surface area contributed by atoms with Crippen LogP contribution in [0.3, 0.4) is 0 Å². The second-order valence-electron chi connectivity index (χ2n) is 7.20. The highest BCUT2D eigenvalue weighted by atomic mass is 15.3. The molecule has 136 valence electrons. The molecule has 2 aromatic carbocycles. The lowest BCUT2D eigenvalue weighted by Gasteiger charge is -2.33. The molecule has 1 aliphatic heterocycles. The number of piperazine rings is 1. The Kier molecular flexibility index (Phi) is 3.98. The Morgan fingerprint density at radius 1 is 0.926 bits per heavy atom. The quantitative estimate of drug-likeness (QED) is 0.602. The molecule has 1 saturated heterocycles. The van der Waals surface area contributed by atoms with Crippen molar-refractivity contribution in [3.05, 3.63) is 66.2 Å². The molecule has 0 atom stereocenters. The number of rotatable bonds is 3. The van der Waals surface area contributed by atoms with E-state index in [0.29, 0.717) is 0 Å². The molecule has 2 aromatic heterocycles. The van der Waals surface area contributed by atoms with Gasteiger partial charge in [-0.2, -0.15) is 0 Å². The molecule has 3 heterocycles. The summed E-state index contributed by atoms with van der Waals surface area (Å²) < 4.78 is 2.12. The third-order valence-corrected chi connectivity index (χ3v) is 5.48. The predicted octanol–water partition coefficient (Wildman–Crippen LogP) is 1.49. The summed E-state index contributed by atoms with van der Waals surface area (Å²) in [6.45, 7) is 7.25. The van der Waals surface area contributed by atoms with Crippen LogP contribution in [0.1, 0.15) is 11.6 Å². The molecule has 0 radical (unpaired) electrons. The molecule has 1 fully saturated rings. The Hall–Kier alpha value is -2.99. The molecular weight excluding hydrogens is 336 g/mol. The van der Waals surface area contributed by atoms with E-state index in [2.05, 4.69) is 55.9 Å². The normalized spacial score (nSPS) is 15.7. The summed E-state index contributed by atoms with van der Waals surface area (Å²) in [7, 11) is 0. The number of para-hydroxylation sites is 2. The van der Waals surface area contributed by atoms with Gasteiger partial charge in [-0.05, 0) is 31.2 Å². The third-order valence-electron chi connectivity index (χ3n) is 5.48. The smallest absolute Gasteiger partial charge is 0.194 e. The number of nitrogens with zero attached hydrogens (tertiary/aromatic N) is 5. The fourth-order valence-corrected chi connectivity index (χ4v) is 4.05. The van der Waals surface area contributed by atoms with E-state index in [-0.39, 0.29) is 0 Å². The van der Waals surface area contributed by atoms with Crippen LogP contribution in [-0.4, -0.2) is 45.8 Å². The minimum atomic E-state index is 0.880. The third kappa shape index (κ3) is 2.92. The summed E-state index contributed by atoms with van der Waals surface area (Å²) in [5.41, 5.74) is 3.21. The summed E-state index contributed by atoms with van der Waals surface area (Å²) >= 11 is 0. The molecule has 0 saturated carbocycles. The zero-order chi connectivity index (χ0) is 18.2. The average Bonchev–Trinajstić information content (AvgIpc) is 3.14. The average molecular weight is 359 g/mol. The minimum absolute atomic E-state index is 0.880. The Morgan fingerprint density at radius 3 is 2.48 bits per heavy atom. The molecule has 0 aliphatic carbocycles. The number of hydrogen-bond donors (Lipinski definition) is 1. The molecule has 0 amide bonds. The lowest BCUT2D eigenvalue weighted by atomic mass is 10.2. The van der Waals surface area contributed by atoms with Crippen LogP contribution in [0.4, 0.5) is 5.69 Å². The first-order chi connectivity index (χ1) is 13.3. The van der Waals surface area contributed by atoms with Gasteiger partial charge in [0.1, 0.15) is 12.4 Å². The van der Waals surface area contributed by atoms with Crippen molar-refractivity contribution in [2.75, 3.05) is 31.1 Å². The van der Waals surface area contributed by atoms with Crippen LogP contribution >= 0.6 is 0 Å². The topological polar surface area (TPSA) is 50.8 Å². The first-order valence-corrected chi connectivity index (χ1v) is 9.52. The Morgan fingerprint density at radius 2 is 1.67 bits per heavy atom. The zero-order valence-corrected chi connectivity index (χ0v) is 15.5. The maximum Gasteiger partial charge on any atom is 0.194 e. The molecule has 0 spiro atoms. The van der Waals surface area contributed by atoms with Gasteiger partial charge >= 0.3 is 0 Å². The molecule has 1 aliphatic rings. The molecule has 0 bridgehead atoms. The lowest BCUT2D eigenvalue weighted by Crippen LogP contribution is -3.13. The fraction of sp³-hybridized carbons (Fsp3) is 0.286. The van der Waals surface area contributed by atoms with Gasteiger partial charge in [-0.15, -0.1) is 10.2 Å². The predicted molar refractivity (Wildman–Crippen MR) is 106 cm³/mol. The van der Waals surface area contributed by atoms with E-state index < -0.39 is 0 Å². The van der Waals surface area contributed by atoms with Crippen molar-refractivity contribution in [3.8, 4) is 0 Å². The van der Waals surface area contributed by atoms with E-state index in [1.165, 1.54) is 5.69 Å². The monoisotopic (exact) mass is 359 g/mol. The highest BCUT2D eigenvalue weighted by molar-refractivity contribution is 5.91. The Balaban J connectivity index is 1.37. The largest absolute Gasteiger partial charge is 0.360 e. The number of benzene rings is 2. The number of anilines is 1. The Bertz CT molecular complexity index is 1080. The number of hydrogen-bond acceptors (Lipinski definition) is 4. The highest BCUT2D eigenvalue weighted by Crippen LogP contribution is 2.18. The van der Waals surface area contributed by atoms with Crippen molar-refractivity contribution in [1.82, 2.24) is 19.6 Å². The van der Waals surface area contributed by atoms with Crippen molar-refractivity contribution in [2.45, 2.75) is 13.5 Å². The fourth-order valence-electron chi connectivity index (χ4n) is 4.05. The molecule has 1 N–H and O–H groups in total. The van der Waals surface area contributed by atoms with E-state index in [9.17, 15) is 0 Å². The molecule has 0 unspecified atom stereocenters. The first-order valence-electron chi connectivity index (χ1n) is 9.52. The van der Waals surface area contributed by atoms with Gasteiger partial charge in [-0.3, -0.25) is 4.40 Å². The number of fused-ring (bicyclic) bond motifs is 3. The van der Waals surface area contributed by atoms with Crippen LogP contribution in [-0.2, 0) is 6.54 Å². The van der Waals surface area contributed by atoms with E-state index in [1.54, 1.807) is 4.90 Å². The van der Waals surface area contributed by atoms with Crippen molar-refractivity contribution in [1.29, 1.82) is 0 Å². The maximum atomic E-state index is 4.75. The number of quaternary nitrogens is 1. The van der Waals surface area contributed by atoms with Crippen LogP contribution in [0.15, 0.2) is 54.6 Å². The van der Waals surface area contributed by atoms with Crippen molar-refractivity contribution in [3.63, 3.8) is 0 Å². The van der Waals surface area contributed by atoms with E-state index in [4.69, 9.17) is 4.98 Å². The first kappa shape index (κ1) is 16.2. The van der Waals surface area contributed by atoms with Gasteiger partial charge in [0.25, 0.3) is 0 Å². The molecule has 4 aromatic rings. The summed E-state index contributed by atoms with van der Waals surface area (Å²) in [6.07, 6.45) is 0. The number of aromatic nitrogens is 4. The van der Waals surface area contributed by atoms with Crippen LogP contribution < -0.4 is 9.80 Å². The summed E-state index contributed by atoms with van der Waals surface area (Å²) in [6, 6.07) is 18.8. The van der Waals surface area contributed by atoms with Gasteiger partial charge in [0.15, 0.2) is 11.5 Å². The maximum absolute atomic E-state index is 4.75. The molecular formula is C21H23N6+. The van der Waals surface area contributed by atoms with E-state index in [1.807, 2.05) is 25.1 Å². The second-order valence-corrected chi connectivity index (χ2v) is 7.20. The molecule has 27 heavy (non-hydrogen) atoms. The number of aryl methyl sites for hydroxylation is 1. The second kappa shape index (κ2) is 6.63. The number of nitrogens with one attached hydrogen (secondary N) is 1. The van der Waals surface area contributed by atoms with Gasteiger partial charge in [0, 0.05) is 11.1 Å². The summed E-state index contributed by atoms with van der Waals surface area (Å²) in [5, 5.41) is 10.1. The van der Waals surface area contributed by atoms with Gasteiger partial charge < -0.3 is 9.80 Å². The van der Waals surface area contributed by atoms with Gasteiger partial charge in [0.2, 0.25) is 0 Å². The lowest BCUT2D eigenvalue weighted by molar-refractivity contribution is -0.915. The summed E-state index contributed by atoms with van der Waals surface area (Å²) in [5.74, 6) is 1.95. The van der Waals surface area contributed by atoms with Crippen molar-refractivity contribution in [2.24, 2.45) is 0 Å². The van der Waals surface area contributed by atoms with Gasteiger partial charge in [0.05, 0.1) is 31.7 Å². The van der Waals surface area contributed by atoms with Crippen molar-refractivity contribution < 1.29 is 4.90 Å².